The van der Waals surface area contributed by atoms with Crippen LogP contribution in [0.1, 0.15) is 5.56 Å². The minimum absolute atomic E-state index is 0.152. The van der Waals surface area contributed by atoms with Crippen molar-refractivity contribution in [1.29, 1.82) is 0 Å². The normalized spacial score (nSPS) is 10.9. The Morgan fingerprint density at radius 3 is 2.48 bits per heavy atom. The van der Waals surface area contributed by atoms with Crippen LogP contribution in [0, 0.1) is 0 Å². The third-order valence-corrected chi connectivity index (χ3v) is 4.02. The van der Waals surface area contributed by atoms with E-state index in [9.17, 15) is 4.79 Å². The Morgan fingerprint density at radius 2 is 1.83 bits per heavy atom. The Kier molecular flexibility index (Phi) is 6.50. The molecule has 0 atom stereocenters. The van der Waals surface area contributed by atoms with E-state index in [4.69, 9.17) is 46.4 Å². The maximum Gasteiger partial charge on any atom is 0.239 e. The molecule has 1 amide bonds. The van der Waals surface area contributed by atoms with Crippen LogP contribution >= 0.6 is 46.4 Å². The lowest BCUT2D eigenvalue weighted by atomic mass is 10.2. The van der Waals surface area contributed by atoms with Gasteiger partial charge in [-0.25, -0.2) is 4.98 Å². The van der Waals surface area contributed by atoms with E-state index in [0.717, 1.165) is 5.56 Å². The van der Waals surface area contributed by atoms with Crippen LogP contribution in [-0.2, 0) is 11.3 Å². The number of rotatable bonds is 5. The van der Waals surface area contributed by atoms with Gasteiger partial charge >= 0.3 is 0 Å². The van der Waals surface area contributed by atoms with Gasteiger partial charge in [0, 0.05) is 22.8 Å². The molecular formula is C15H13Cl4N3O. The van der Waals surface area contributed by atoms with Crippen LogP contribution in [0.2, 0.25) is 20.1 Å². The molecule has 1 aromatic heterocycles. The van der Waals surface area contributed by atoms with Crippen molar-refractivity contribution < 1.29 is 4.79 Å². The van der Waals surface area contributed by atoms with Crippen molar-refractivity contribution in [2.45, 2.75) is 6.54 Å². The molecule has 8 heteroatoms. The van der Waals surface area contributed by atoms with Gasteiger partial charge in [0.15, 0.2) is 5.82 Å². The second-order valence-corrected chi connectivity index (χ2v) is 6.63. The zero-order valence-electron chi connectivity index (χ0n) is 12.1. The van der Waals surface area contributed by atoms with Crippen LogP contribution in [0.25, 0.3) is 0 Å². The van der Waals surface area contributed by atoms with Crippen LogP contribution in [-0.4, -0.2) is 29.4 Å². The molecule has 0 saturated heterocycles. The van der Waals surface area contributed by atoms with Crippen molar-refractivity contribution in [3.8, 4) is 0 Å². The Morgan fingerprint density at radius 1 is 1.13 bits per heavy atom. The fourth-order valence-corrected chi connectivity index (χ4v) is 2.82. The van der Waals surface area contributed by atoms with Gasteiger partial charge in [-0.1, -0.05) is 52.5 Å². The highest BCUT2D eigenvalue weighted by atomic mass is 35.5. The van der Waals surface area contributed by atoms with Crippen molar-refractivity contribution in [2.75, 3.05) is 18.9 Å². The molecule has 0 fully saturated rings. The third-order valence-electron chi connectivity index (χ3n) is 2.93. The first-order valence-electron chi connectivity index (χ1n) is 6.58. The number of amides is 1. The molecule has 0 spiro atoms. The van der Waals surface area contributed by atoms with Gasteiger partial charge < -0.3 is 5.32 Å². The summed E-state index contributed by atoms with van der Waals surface area (Å²) in [7, 11) is 1.81. The quantitative estimate of drug-likeness (QED) is 0.797. The first kappa shape index (κ1) is 18.3. The summed E-state index contributed by atoms with van der Waals surface area (Å²) in [4.78, 5) is 17.8. The van der Waals surface area contributed by atoms with Gasteiger partial charge in [-0.2, -0.15) is 0 Å². The second kappa shape index (κ2) is 8.18. The van der Waals surface area contributed by atoms with Gasteiger partial charge in [0.25, 0.3) is 0 Å². The van der Waals surface area contributed by atoms with Gasteiger partial charge in [0.2, 0.25) is 5.91 Å². The topological polar surface area (TPSA) is 45.2 Å². The molecular weight excluding hydrogens is 380 g/mol. The number of pyridine rings is 1. The fourth-order valence-electron chi connectivity index (χ4n) is 1.92. The summed E-state index contributed by atoms with van der Waals surface area (Å²) in [5.41, 5.74) is 0.883. The summed E-state index contributed by atoms with van der Waals surface area (Å²) in [6.07, 6.45) is 1.42. The van der Waals surface area contributed by atoms with Crippen molar-refractivity contribution in [3.05, 3.63) is 56.1 Å². The van der Waals surface area contributed by atoms with E-state index in [1.165, 1.54) is 12.3 Å². The van der Waals surface area contributed by atoms with Crippen LogP contribution in [0.4, 0.5) is 5.82 Å². The lowest BCUT2D eigenvalue weighted by Crippen LogP contribution is -2.30. The highest BCUT2D eigenvalue weighted by molar-refractivity contribution is 6.36. The summed E-state index contributed by atoms with van der Waals surface area (Å²) in [6, 6.07) is 6.78. The van der Waals surface area contributed by atoms with E-state index < -0.39 is 0 Å². The standard InChI is InChI=1S/C15H13Cl4N3O/c1-22(7-9-2-3-10(16)4-12(9)18)8-14(23)21-15-13(19)5-11(17)6-20-15/h2-6H,7-8H2,1H3,(H,20,21,23). The first-order chi connectivity index (χ1) is 10.8. The number of likely N-dealkylation sites (N-methyl/N-ethyl adjacent to an activating group) is 1. The minimum Gasteiger partial charge on any atom is -0.308 e. The Bertz CT molecular complexity index is 724. The van der Waals surface area contributed by atoms with Gasteiger partial charge in [-0.3, -0.25) is 9.69 Å². The maximum atomic E-state index is 12.1. The van der Waals surface area contributed by atoms with Crippen molar-refractivity contribution >= 4 is 58.1 Å². The number of anilines is 1. The number of carbonyl (C=O) groups is 1. The smallest absolute Gasteiger partial charge is 0.239 e. The predicted octanol–water partition coefficient (Wildman–Crippen LogP) is 4.77. The molecule has 1 N–H and O–H groups in total. The molecule has 2 rings (SSSR count). The van der Waals surface area contributed by atoms with Gasteiger partial charge in [-0.05, 0) is 30.8 Å². The number of benzene rings is 1. The molecule has 0 aliphatic carbocycles. The summed E-state index contributed by atoms with van der Waals surface area (Å²) in [5.74, 6) is 0.0355. The lowest BCUT2D eigenvalue weighted by Gasteiger charge is -2.17. The Balaban J connectivity index is 1.94. The SMILES string of the molecule is CN(CC(=O)Nc1ncc(Cl)cc1Cl)Cc1ccc(Cl)cc1Cl. The van der Waals surface area contributed by atoms with E-state index in [0.29, 0.717) is 21.6 Å². The molecule has 4 nitrogen and oxygen atoms in total. The van der Waals surface area contributed by atoms with Crippen LogP contribution in [0.15, 0.2) is 30.5 Å². The van der Waals surface area contributed by atoms with Gasteiger partial charge in [0.1, 0.15) is 0 Å². The highest BCUT2D eigenvalue weighted by Gasteiger charge is 2.12. The van der Waals surface area contributed by atoms with E-state index in [1.807, 2.05) is 11.0 Å². The summed E-state index contributed by atoms with van der Waals surface area (Å²) in [5, 5.41) is 4.47. The Labute approximate surface area is 154 Å². The first-order valence-corrected chi connectivity index (χ1v) is 8.09. The molecule has 0 aliphatic heterocycles. The summed E-state index contributed by atoms with van der Waals surface area (Å²) < 4.78 is 0. The molecule has 0 saturated carbocycles. The second-order valence-electron chi connectivity index (χ2n) is 4.94. The summed E-state index contributed by atoms with van der Waals surface area (Å²) >= 11 is 23.7. The molecule has 122 valence electrons. The molecule has 1 aromatic carbocycles. The van der Waals surface area contributed by atoms with Crippen molar-refractivity contribution in [2.24, 2.45) is 0 Å². The average Bonchev–Trinajstić information content (AvgIpc) is 2.45. The molecule has 0 bridgehead atoms. The molecule has 2 aromatic rings. The lowest BCUT2D eigenvalue weighted by molar-refractivity contribution is -0.117. The number of hydrogen-bond donors (Lipinski definition) is 1. The molecule has 23 heavy (non-hydrogen) atoms. The fraction of sp³-hybridized carbons (Fsp3) is 0.200. The van der Waals surface area contributed by atoms with Gasteiger partial charge in [-0.15, -0.1) is 0 Å². The highest BCUT2D eigenvalue weighted by Crippen LogP contribution is 2.23. The van der Waals surface area contributed by atoms with Crippen molar-refractivity contribution in [3.63, 3.8) is 0 Å². The molecule has 0 aliphatic rings. The average molecular weight is 393 g/mol. The van der Waals surface area contributed by atoms with E-state index in [2.05, 4.69) is 10.3 Å². The monoisotopic (exact) mass is 391 g/mol. The third kappa shape index (κ3) is 5.52. The van der Waals surface area contributed by atoms with E-state index >= 15 is 0 Å². The largest absolute Gasteiger partial charge is 0.308 e. The number of carbonyl (C=O) groups excluding carboxylic acids is 1. The molecule has 1 heterocycles. The number of nitrogens with one attached hydrogen (secondary N) is 1. The number of halogens is 4. The molecule has 0 unspecified atom stereocenters. The summed E-state index contributed by atoms with van der Waals surface area (Å²) in [6.45, 7) is 0.658. The van der Waals surface area contributed by atoms with Crippen molar-refractivity contribution in [1.82, 2.24) is 9.88 Å². The minimum atomic E-state index is -0.241. The Hall–Kier alpha value is -1.04. The zero-order chi connectivity index (χ0) is 17.0. The van der Waals surface area contributed by atoms with E-state index in [-0.39, 0.29) is 23.3 Å². The predicted molar refractivity (Wildman–Crippen MR) is 95.7 cm³/mol. The number of nitrogens with zero attached hydrogens (tertiary/aromatic N) is 2. The molecule has 0 radical (unpaired) electrons. The van der Waals surface area contributed by atoms with Crippen LogP contribution in [0.5, 0.6) is 0 Å². The van der Waals surface area contributed by atoms with Crippen LogP contribution < -0.4 is 5.32 Å². The van der Waals surface area contributed by atoms with E-state index in [1.54, 1.807) is 19.2 Å². The maximum absolute atomic E-state index is 12.1. The number of aromatic nitrogens is 1. The van der Waals surface area contributed by atoms with Gasteiger partial charge in [0.05, 0.1) is 16.6 Å². The number of hydrogen-bond acceptors (Lipinski definition) is 3. The van der Waals surface area contributed by atoms with Crippen LogP contribution in [0.3, 0.4) is 0 Å². The zero-order valence-corrected chi connectivity index (χ0v) is 15.1.